The molecule has 1 N–H and O–H groups in total. The molecule has 1 aromatic heterocycles. The summed E-state index contributed by atoms with van der Waals surface area (Å²) in [5, 5.41) is 4.76. The molecule has 0 radical (unpaired) electrons. The largest absolute Gasteiger partial charge is 0.418 e. The van der Waals surface area contributed by atoms with Crippen LogP contribution in [0.25, 0.3) is 0 Å². The Labute approximate surface area is 145 Å². The summed E-state index contributed by atoms with van der Waals surface area (Å²) in [6, 6.07) is 0.413. The minimum Gasteiger partial charge on any atom is -0.371 e. The average Bonchev–Trinajstić information content (AvgIpc) is 3.06. The van der Waals surface area contributed by atoms with Crippen molar-refractivity contribution in [2.75, 3.05) is 13.6 Å². The molecule has 2 aliphatic heterocycles. The Hall–Kier alpha value is -2.11. The molecule has 2 bridgehead atoms. The van der Waals surface area contributed by atoms with Crippen LogP contribution in [0.15, 0.2) is 22.9 Å². The number of nitrogens with zero attached hydrogens (tertiary/aromatic N) is 4. The summed E-state index contributed by atoms with van der Waals surface area (Å²) in [5.74, 6) is 0.639. The molecule has 1 aromatic rings. The van der Waals surface area contributed by atoms with E-state index in [1.807, 2.05) is 18.9 Å². The number of amides is 2. The number of aromatic nitrogens is 1. The van der Waals surface area contributed by atoms with Gasteiger partial charge in [0.25, 0.3) is 0 Å². The third kappa shape index (κ3) is 3.62. The van der Waals surface area contributed by atoms with Gasteiger partial charge in [-0.3, -0.25) is 4.55 Å². The molecular formula is C14H20N4O6S. The lowest BCUT2D eigenvalue weighted by molar-refractivity contribution is -0.0317. The first-order chi connectivity index (χ1) is 11.7. The van der Waals surface area contributed by atoms with Crippen LogP contribution in [0.4, 0.5) is 4.79 Å². The molecular weight excluding hydrogens is 352 g/mol. The van der Waals surface area contributed by atoms with Gasteiger partial charge >= 0.3 is 16.4 Å². The van der Waals surface area contributed by atoms with Crippen LogP contribution in [0.2, 0.25) is 0 Å². The highest BCUT2D eigenvalue weighted by molar-refractivity contribution is 7.80. The number of fused-ring (bicyclic) bond motifs is 2. The quantitative estimate of drug-likeness (QED) is 0.743. The number of hydrogen-bond acceptors (Lipinski definition) is 7. The number of rotatable bonds is 6. The average molecular weight is 372 g/mol. The lowest BCUT2D eigenvalue weighted by Crippen LogP contribution is -2.35. The van der Waals surface area contributed by atoms with Crippen molar-refractivity contribution in [2.24, 2.45) is 0 Å². The minimum atomic E-state index is -4.75. The lowest BCUT2D eigenvalue weighted by atomic mass is 9.98. The number of carbonyl (C=O) groups excluding carboxylic acids is 1. The van der Waals surface area contributed by atoms with E-state index in [1.165, 1.54) is 4.90 Å². The van der Waals surface area contributed by atoms with Gasteiger partial charge in [0, 0.05) is 25.4 Å². The van der Waals surface area contributed by atoms with E-state index < -0.39 is 22.5 Å². The second kappa shape index (κ2) is 6.32. The number of allylic oxidation sites excluding steroid dienone is 1. The number of hydrogen-bond donors (Lipinski definition) is 1. The van der Waals surface area contributed by atoms with Crippen LogP contribution in [0, 0.1) is 0 Å². The molecule has 2 saturated heterocycles. The summed E-state index contributed by atoms with van der Waals surface area (Å²) in [6.45, 7) is 6.53. The molecule has 2 fully saturated rings. The van der Waals surface area contributed by atoms with Crippen LogP contribution in [0.1, 0.15) is 37.3 Å². The maximum atomic E-state index is 12.4. The zero-order valence-electron chi connectivity index (χ0n) is 14.0. The van der Waals surface area contributed by atoms with Crippen LogP contribution in [0.5, 0.6) is 0 Å². The van der Waals surface area contributed by atoms with Crippen molar-refractivity contribution < 1.29 is 26.6 Å². The molecule has 10 nitrogen and oxygen atoms in total. The van der Waals surface area contributed by atoms with Gasteiger partial charge in [-0.1, -0.05) is 11.7 Å². The van der Waals surface area contributed by atoms with Crippen LogP contribution >= 0.6 is 0 Å². The van der Waals surface area contributed by atoms with Crippen molar-refractivity contribution in [2.45, 2.75) is 38.4 Å². The third-order valence-corrected chi connectivity index (χ3v) is 4.81. The van der Waals surface area contributed by atoms with Crippen LogP contribution in [-0.4, -0.2) is 58.7 Å². The molecule has 25 heavy (non-hydrogen) atoms. The maximum Gasteiger partial charge on any atom is 0.418 e. The zero-order chi connectivity index (χ0) is 18.4. The highest BCUT2D eigenvalue weighted by atomic mass is 32.3. The van der Waals surface area contributed by atoms with Crippen LogP contribution in [-0.2, 0) is 21.2 Å². The molecule has 3 heterocycles. The fourth-order valence-electron chi connectivity index (χ4n) is 3.07. The van der Waals surface area contributed by atoms with Gasteiger partial charge in [0.2, 0.25) is 0 Å². The first-order valence-electron chi connectivity index (χ1n) is 7.74. The van der Waals surface area contributed by atoms with Crippen molar-refractivity contribution in [1.29, 1.82) is 0 Å². The van der Waals surface area contributed by atoms with Gasteiger partial charge < -0.3 is 14.3 Å². The third-order valence-electron chi connectivity index (χ3n) is 4.46. The molecule has 3 rings (SSSR count). The number of urea groups is 1. The molecule has 2 aliphatic rings. The predicted molar refractivity (Wildman–Crippen MR) is 85.1 cm³/mol. The Balaban J connectivity index is 1.74. The second-order valence-electron chi connectivity index (χ2n) is 6.32. The summed E-state index contributed by atoms with van der Waals surface area (Å²) in [4.78, 5) is 15.8. The SMILES string of the molecule is C=C(C)N(C)Cc1cc([C@@H]2CC[C@@H]3CN2C(=O)N3OS(=O)(=O)O)no1. The van der Waals surface area contributed by atoms with Crippen molar-refractivity contribution in [1.82, 2.24) is 20.0 Å². The summed E-state index contributed by atoms with van der Waals surface area (Å²) >= 11 is 0. The Morgan fingerprint density at radius 3 is 2.92 bits per heavy atom. The van der Waals surface area contributed by atoms with E-state index in [-0.39, 0.29) is 6.04 Å². The smallest absolute Gasteiger partial charge is 0.371 e. The summed E-state index contributed by atoms with van der Waals surface area (Å²) in [6.07, 6.45) is 1.11. The van der Waals surface area contributed by atoms with E-state index in [4.69, 9.17) is 9.08 Å². The number of hydroxylamine groups is 2. The molecule has 138 valence electrons. The Bertz CT molecular complexity index is 791. The Kier molecular flexibility index (Phi) is 4.47. The van der Waals surface area contributed by atoms with Gasteiger partial charge in [-0.15, -0.1) is 4.28 Å². The van der Waals surface area contributed by atoms with Gasteiger partial charge in [0.15, 0.2) is 5.76 Å². The molecule has 11 heteroatoms. The van der Waals surface area contributed by atoms with Gasteiger partial charge in [0.05, 0.1) is 18.6 Å². The summed E-state index contributed by atoms with van der Waals surface area (Å²) < 4.78 is 40.4. The van der Waals surface area contributed by atoms with E-state index in [0.717, 1.165) is 5.70 Å². The number of carbonyl (C=O) groups is 1. The van der Waals surface area contributed by atoms with E-state index >= 15 is 0 Å². The highest BCUT2D eigenvalue weighted by Crippen LogP contribution is 2.38. The lowest BCUT2D eigenvalue weighted by Gasteiger charge is -2.28. The van der Waals surface area contributed by atoms with Crippen LogP contribution < -0.4 is 0 Å². The monoisotopic (exact) mass is 372 g/mol. The first-order valence-corrected chi connectivity index (χ1v) is 9.11. The maximum absolute atomic E-state index is 12.4. The molecule has 0 aromatic carbocycles. The van der Waals surface area contributed by atoms with Crippen molar-refractivity contribution in [3.8, 4) is 0 Å². The van der Waals surface area contributed by atoms with Gasteiger partial charge in [-0.25, -0.2) is 4.79 Å². The standard InChI is InChI=1S/C14H20N4O6S/c1-9(2)16(3)8-11-6-12(15-23-11)13-5-4-10-7-17(13)14(19)18(10)24-25(20,21)22/h6,10,13H,1,4-5,7-8H2,2-3H3,(H,20,21,22)/t10-,13+/m1/s1. The molecule has 0 aliphatic carbocycles. The Morgan fingerprint density at radius 2 is 2.28 bits per heavy atom. The first kappa shape index (κ1) is 17.7. The predicted octanol–water partition coefficient (Wildman–Crippen LogP) is 1.32. The zero-order valence-corrected chi connectivity index (χ0v) is 14.8. The molecule has 2 amide bonds. The molecule has 0 unspecified atom stereocenters. The van der Waals surface area contributed by atoms with Crippen molar-refractivity contribution in [3.63, 3.8) is 0 Å². The Morgan fingerprint density at radius 1 is 1.56 bits per heavy atom. The fourth-order valence-corrected chi connectivity index (χ4v) is 3.46. The number of piperidine rings is 1. The van der Waals surface area contributed by atoms with E-state index in [0.29, 0.717) is 42.4 Å². The normalized spacial score (nSPS) is 23.2. The topological polar surface area (TPSA) is 116 Å². The van der Waals surface area contributed by atoms with Gasteiger partial charge in [-0.2, -0.15) is 13.5 Å². The van der Waals surface area contributed by atoms with Crippen LogP contribution in [0.3, 0.4) is 0 Å². The summed E-state index contributed by atoms with van der Waals surface area (Å²) in [5.41, 5.74) is 1.48. The molecule has 2 atom stereocenters. The summed E-state index contributed by atoms with van der Waals surface area (Å²) in [7, 11) is -2.87. The van der Waals surface area contributed by atoms with E-state index in [2.05, 4.69) is 16.0 Å². The second-order valence-corrected chi connectivity index (χ2v) is 7.32. The minimum absolute atomic E-state index is 0.298. The fraction of sp³-hybridized carbons (Fsp3) is 0.571. The molecule has 0 saturated carbocycles. The van der Waals surface area contributed by atoms with E-state index in [1.54, 1.807) is 6.07 Å². The molecule has 0 spiro atoms. The van der Waals surface area contributed by atoms with Gasteiger partial charge in [-0.05, 0) is 19.8 Å². The highest BCUT2D eigenvalue weighted by Gasteiger charge is 2.48. The van der Waals surface area contributed by atoms with Crippen molar-refractivity contribution in [3.05, 3.63) is 29.8 Å². The van der Waals surface area contributed by atoms with Crippen molar-refractivity contribution >= 4 is 16.4 Å². The van der Waals surface area contributed by atoms with Gasteiger partial charge in [0.1, 0.15) is 5.69 Å². The van der Waals surface area contributed by atoms with E-state index in [9.17, 15) is 13.2 Å².